The maximum Gasteiger partial charge on any atom is 0.328 e. The third-order valence-electron chi connectivity index (χ3n) is 4.30. The van der Waals surface area contributed by atoms with E-state index in [1.807, 2.05) is 24.3 Å². The van der Waals surface area contributed by atoms with Crippen molar-refractivity contribution in [1.29, 1.82) is 0 Å². The summed E-state index contributed by atoms with van der Waals surface area (Å²) in [5.41, 5.74) is -1.28. The van der Waals surface area contributed by atoms with Gasteiger partial charge in [-0.3, -0.25) is 4.57 Å². The molecule has 0 spiro atoms. The lowest BCUT2D eigenvalue weighted by Crippen LogP contribution is -2.46. The first-order chi connectivity index (χ1) is 11.8. The van der Waals surface area contributed by atoms with Crippen molar-refractivity contribution in [3.63, 3.8) is 0 Å². The van der Waals surface area contributed by atoms with E-state index in [-0.39, 0.29) is 25.4 Å². The van der Waals surface area contributed by atoms with E-state index in [4.69, 9.17) is 19.3 Å². The molecule has 3 N–H and O–H groups in total. The van der Waals surface area contributed by atoms with Crippen molar-refractivity contribution in [2.24, 2.45) is 0 Å². The second-order valence-electron chi connectivity index (χ2n) is 6.09. The Labute approximate surface area is 144 Å². The average Bonchev–Trinajstić information content (AvgIpc) is 3.00. The van der Waals surface area contributed by atoms with E-state index >= 15 is 0 Å². The zero-order chi connectivity index (χ0) is 18.1. The Hall–Kier alpha value is -1.77. The molecule has 1 aromatic heterocycles. The molecule has 0 unspecified atom stereocenters. The van der Waals surface area contributed by atoms with E-state index < -0.39 is 18.9 Å². The molecule has 1 aliphatic rings. The molecule has 25 heavy (non-hydrogen) atoms. The normalized spacial score (nSPS) is 23.3. The Morgan fingerprint density at radius 2 is 2.00 bits per heavy atom. The highest BCUT2D eigenvalue weighted by molar-refractivity contribution is 7.52. The molecule has 0 aliphatic heterocycles. The predicted octanol–water partition coefficient (Wildman–Crippen LogP) is 0.989. The van der Waals surface area contributed by atoms with E-state index in [1.54, 1.807) is 7.11 Å². The monoisotopic (exact) mass is 369 g/mol. The Morgan fingerprint density at radius 3 is 2.60 bits per heavy atom. The number of hydrogen-bond donors (Lipinski definition) is 3. The van der Waals surface area contributed by atoms with Gasteiger partial charge in [0.1, 0.15) is 24.4 Å². The minimum absolute atomic E-state index is 0.0472. The van der Waals surface area contributed by atoms with Crippen LogP contribution in [0.5, 0.6) is 5.75 Å². The summed E-state index contributed by atoms with van der Waals surface area (Å²) in [6.45, 7) is 0.414. The fourth-order valence-electron chi connectivity index (χ4n) is 2.83. The third-order valence-corrected chi connectivity index (χ3v) is 5.61. The standard InChI is InChI=1S/C15H20N3O6P/c1-23-12-4-2-11(3-5-12)8-24-10-18-14(16-9-17-18)15(19)6-13(7-15)25(20,21)22/h2-5,9,13,19H,6-8,10H2,1H3,(H2,20,21,22). The maximum atomic E-state index is 11.2. The lowest BCUT2D eigenvalue weighted by Gasteiger charge is -2.42. The minimum Gasteiger partial charge on any atom is -0.497 e. The van der Waals surface area contributed by atoms with Gasteiger partial charge in [0.2, 0.25) is 0 Å². The number of aliphatic hydroxyl groups is 1. The molecule has 0 radical (unpaired) electrons. The van der Waals surface area contributed by atoms with Gasteiger partial charge in [-0.1, -0.05) is 12.1 Å². The van der Waals surface area contributed by atoms with Gasteiger partial charge in [-0.25, -0.2) is 9.67 Å². The van der Waals surface area contributed by atoms with Gasteiger partial charge < -0.3 is 24.4 Å². The molecule has 1 fully saturated rings. The first-order valence-electron chi connectivity index (χ1n) is 7.68. The van der Waals surface area contributed by atoms with E-state index in [9.17, 15) is 9.67 Å². The van der Waals surface area contributed by atoms with Crippen molar-refractivity contribution in [2.45, 2.75) is 37.4 Å². The van der Waals surface area contributed by atoms with Crippen LogP contribution in [-0.2, 0) is 28.2 Å². The Morgan fingerprint density at radius 1 is 1.32 bits per heavy atom. The Balaban J connectivity index is 1.58. The molecule has 3 rings (SSSR count). The van der Waals surface area contributed by atoms with Gasteiger partial charge >= 0.3 is 7.60 Å². The minimum atomic E-state index is -4.19. The number of hydrogen-bond acceptors (Lipinski definition) is 6. The van der Waals surface area contributed by atoms with Crippen molar-refractivity contribution in [3.05, 3.63) is 42.0 Å². The van der Waals surface area contributed by atoms with E-state index in [0.717, 1.165) is 11.3 Å². The van der Waals surface area contributed by atoms with Crippen molar-refractivity contribution < 1.29 is 28.9 Å². The van der Waals surface area contributed by atoms with Gasteiger partial charge in [-0.05, 0) is 30.5 Å². The summed E-state index contributed by atoms with van der Waals surface area (Å²) in [6.07, 6.45) is 1.19. The van der Waals surface area contributed by atoms with Crippen LogP contribution in [-0.4, -0.2) is 42.4 Å². The van der Waals surface area contributed by atoms with Gasteiger partial charge in [0.25, 0.3) is 0 Å². The Kier molecular flexibility index (Phi) is 4.95. The highest BCUT2D eigenvalue weighted by Crippen LogP contribution is 2.57. The molecule has 2 aromatic rings. The summed E-state index contributed by atoms with van der Waals surface area (Å²) in [5, 5.41) is 14.5. The molecule has 0 saturated heterocycles. The highest BCUT2D eigenvalue weighted by atomic mass is 31.2. The SMILES string of the molecule is COc1ccc(COCn2ncnc2C2(O)CC(P(=O)(O)O)C2)cc1. The van der Waals surface area contributed by atoms with Gasteiger partial charge in [0, 0.05) is 0 Å². The highest BCUT2D eigenvalue weighted by Gasteiger charge is 2.53. The van der Waals surface area contributed by atoms with Crippen LogP contribution in [0.4, 0.5) is 0 Å². The smallest absolute Gasteiger partial charge is 0.328 e. The molecule has 0 atom stereocenters. The van der Waals surface area contributed by atoms with Crippen molar-refractivity contribution in [3.8, 4) is 5.75 Å². The summed E-state index contributed by atoms with van der Waals surface area (Å²) in [5.74, 6) is 1.01. The summed E-state index contributed by atoms with van der Waals surface area (Å²) < 4.78 is 23.3. The summed E-state index contributed by atoms with van der Waals surface area (Å²) >= 11 is 0. The van der Waals surface area contributed by atoms with Crippen molar-refractivity contribution >= 4 is 7.60 Å². The summed E-state index contributed by atoms with van der Waals surface area (Å²) in [6, 6.07) is 7.42. The number of nitrogens with zero attached hydrogens (tertiary/aromatic N) is 3. The average molecular weight is 369 g/mol. The molecule has 1 aliphatic carbocycles. The van der Waals surface area contributed by atoms with Gasteiger partial charge in [-0.15, -0.1) is 0 Å². The van der Waals surface area contributed by atoms with E-state index in [2.05, 4.69) is 10.1 Å². The number of aromatic nitrogens is 3. The summed E-state index contributed by atoms with van der Waals surface area (Å²) in [7, 11) is -2.60. The van der Waals surface area contributed by atoms with Gasteiger partial charge in [-0.2, -0.15) is 5.10 Å². The van der Waals surface area contributed by atoms with Crippen LogP contribution in [0.3, 0.4) is 0 Å². The number of rotatable bonds is 7. The van der Waals surface area contributed by atoms with Crippen molar-refractivity contribution in [1.82, 2.24) is 14.8 Å². The van der Waals surface area contributed by atoms with Gasteiger partial charge in [0.05, 0.1) is 19.4 Å². The molecular weight excluding hydrogens is 349 g/mol. The lowest BCUT2D eigenvalue weighted by atomic mass is 9.79. The molecule has 9 nitrogen and oxygen atoms in total. The topological polar surface area (TPSA) is 127 Å². The fraction of sp³-hybridized carbons (Fsp3) is 0.467. The van der Waals surface area contributed by atoms with Crippen LogP contribution in [0.15, 0.2) is 30.6 Å². The largest absolute Gasteiger partial charge is 0.497 e. The maximum absolute atomic E-state index is 11.2. The van der Waals surface area contributed by atoms with Crippen LogP contribution in [0.1, 0.15) is 24.2 Å². The van der Waals surface area contributed by atoms with Gasteiger partial charge in [0.15, 0.2) is 5.82 Å². The molecule has 1 heterocycles. The van der Waals surface area contributed by atoms with Crippen LogP contribution in [0, 0.1) is 0 Å². The molecule has 10 heteroatoms. The second-order valence-corrected chi connectivity index (χ2v) is 8.00. The van der Waals surface area contributed by atoms with E-state index in [0.29, 0.717) is 6.61 Å². The lowest BCUT2D eigenvalue weighted by molar-refractivity contribution is -0.0585. The molecular formula is C15H20N3O6P. The molecule has 0 amide bonds. The second kappa shape index (κ2) is 6.86. The molecule has 1 saturated carbocycles. The van der Waals surface area contributed by atoms with Crippen LogP contribution >= 0.6 is 7.60 Å². The zero-order valence-corrected chi connectivity index (χ0v) is 14.5. The number of benzene rings is 1. The first-order valence-corrected chi connectivity index (χ1v) is 9.36. The molecule has 136 valence electrons. The zero-order valence-electron chi connectivity index (χ0n) is 13.6. The van der Waals surface area contributed by atoms with Crippen LogP contribution in [0.25, 0.3) is 0 Å². The van der Waals surface area contributed by atoms with Crippen LogP contribution in [0.2, 0.25) is 0 Å². The first kappa shape index (κ1) is 18.0. The quantitative estimate of drug-likeness (QED) is 0.617. The van der Waals surface area contributed by atoms with Crippen molar-refractivity contribution in [2.75, 3.05) is 7.11 Å². The Bertz CT molecular complexity index is 766. The summed E-state index contributed by atoms with van der Waals surface area (Å²) in [4.78, 5) is 22.4. The number of ether oxygens (including phenoxy) is 2. The number of methoxy groups -OCH3 is 1. The molecule has 1 aromatic carbocycles. The fourth-order valence-corrected chi connectivity index (χ4v) is 3.91. The van der Waals surface area contributed by atoms with Crippen LogP contribution < -0.4 is 4.74 Å². The molecule has 0 bridgehead atoms. The predicted molar refractivity (Wildman–Crippen MR) is 86.8 cm³/mol. The van der Waals surface area contributed by atoms with E-state index in [1.165, 1.54) is 11.0 Å². The third kappa shape index (κ3) is 3.91.